The summed E-state index contributed by atoms with van der Waals surface area (Å²) in [6.45, 7) is 13.6. The number of nitrogens with zero attached hydrogens (tertiary/aromatic N) is 1. The molecule has 0 bridgehead atoms. The van der Waals surface area contributed by atoms with Crippen LogP contribution in [0.4, 0.5) is 0 Å². The number of hydrogen-bond donors (Lipinski definition) is 0. The van der Waals surface area contributed by atoms with Gasteiger partial charge in [0.1, 0.15) is 10.6 Å². The predicted octanol–water partition coefficient (Wildman–Crippen LogP) is 6.71. The molecule has 1 heterocycles. The summed E-state index contributed by atoms with van der Waals surface area (Å²) in [4.78, 5) is 4.49. The Balaban J connectivity index is 0.000000257. The van der Waals surface area contributed by atoms with Crippen LogP contribution in [0.5, 0.6) is 0 Å². The van der Waals surface area contributed by atoms with E-state index in [0.717, 1.165) is 16.8 Å². The molecular weight excluding hydrogens is 615 g/mol. The van der Waals surface area contributed by atoms with Crippen molar-refractivity contribution in [2.45, 2.75) is 13.8 Å². The molecule has 0 atom stereocenters. The van der Waals surface area contributed by atoms with Gasteiger partial charge < -0.3 is 4.98 Å². The van der Waals surface area contributed by atoms with E-state index in [1.54, 1.807) is 10.6 Å². The monoisotopic (exact) mass is 650 g/mol. The van der Waals surface area contributed by atoms with Crippen molar-refractivity contribution in [3.05, 3.63) is 102 Å². The van der Waals surface area contributed by atoms with Gasteiger partial charge in [-0.15, -0.1) is 34.9 Å². The number of aromatic nitrogens is 1. The fraction of sp³-hybridized carbons (Fsp3) is 0.207. The first-order chi connectivity index (χ1) is 15.3. The molecule has 33 heavy (non-hydrogen) atoms. The van der Waals surface area contributed by atoms with E-state index in [2.05, 4.69) is 118 Å². The van der Waals surface area contributed by atoms with Gasteiger partial charge in [-0.05, 0) is 35.0 Å². The first-order valence-corrected chi connectivity index (χ1v) is 16.1. The van der Waals surface area contributed by atoms with Crippen molar-refractivity contribution in [1.29, 1.82) is 0 Å². The van der Waals surface area contributed by atoms with Gasteiger partial charge in [0.05, 0.1) is 26.7 Å². The average molecular weight is 649 g/mol. The van der Waals surface area contributed by atoms with Gasteiger partial charge in [0.2, 0.25) is 0 Å². The van der Waals surface area contributed by atoms with Crippen LogP contribution in [0, 0.1) is 19.9 Å². The van der Waals surface area contributed by atoms with Gasteiger partial charge in [0.15, 0.2) is 0 Å². The van der Waals surface area contributed by atoms with Crippen molar-refractivity contribution in [2.75, 3.05) is 26.7 Å². The number of hydrogen-bond acceptors (Lipinski definition) is 1. The van der Waals surface area contributed by atoms with Gasteiger partial charge in [-0.1, -0.05) is 62.4 Å². The molecule has 0 aliphatic heterocycles. The minimum Gasteiger partial charge on any atom is -0.305 e. The van der Waals surface area contributed by atoms with E-state index in [1.807, 2.05) is 18.3 Å². The molecule has 0 saturated carbocycles. The predicted molar refractivity (Wildman–Crippen MR) is 149 cm³/mol. The Hall–Kier alpha value is -1.69. The fourth-order valence-corrected chi connectivity index (χ4v) is 7.38. The molecule has 0 amide bonds. The van der Waals surface area contributed by atoms with Crippen LogP contribution in [0.15, 0.2) is 85.1 Å². The first kappa shape index (κ1) is 27.6. The molecule has 171 valence electrons. The van der Waals surface area contributed by atoms with E-state index >= 15 is 0 Å². The molecule has 3 aromatic carbocycles. The Morgan fingerprint density at radius 2 is 1.24 bits per heavy atom. The summed E-state index contributed by atoms with van der Waals surface area (Å²) in [7, 11) is -0.522. The van der Waals surface area contributed by atoms with Crippen molar-refractivity contribution in [3.63, 3.8) is 0 Å². The molecule has 0 unspecified atom stereocenters. The molecule has 0 fully saturated rings. The molecule has 0 aliphatic carbocycles. The molecule has 0 saturated heterocycles. The summed E-state index contributed by atoms with van der Waals surface area (Å²) in [5, 5.41) is 3.28. The molecule has 0 N–H and O–H groups in total. The molecule has 1 radical (unpaired) electrons. The molecule has 1 nitrogen and oxygen atoms in total. The SMILES string of the molecule is C[PH+](C)c1ccccc1[PH+](C)C.Cc1[c-]c(-c2cc(-c3ccccc3)ccn2)cc(C)c1.[Os+]. The van der Waals surface area contributed by atoms with E-state index < -0.39 is 0 Å². The maximum atomic E-state index is 4.49. The van der Waals surface area contributed by atoms with Gasteiger partial charge >= 0.3 is 19.8 Å². The van der Waals surface area contributed by atoms with Crippen LogP contribution < -0.4 is 10.6 Å². The minimum atomic E-state index is -0.261. The van der Waals surface area contributed by atoms with Crippen molar-refractivity contribution < 1.29 is 19.8 Å². The average Bonchev–Trinajstić information content (AvgIpc) is 2.79. The number of benzene rings is 3. The van der Waals surface area contributed by atoms with E-state index in [0.29, 0.717) is 0 Å². The van der Waals surface area contributed by atoms with E-state index in [-0.39, 0.29) is 35.6 Å². The van der Waals surface area contributed by atoms with E-state index in [1.165, 1.54) is 16.7 Å². The quantitative estimate of drug-likeness (QED) is 0.177. The summed E-state index contributed by atoms with van der Waals surface area (Å²) in [6, 6.07) is 31.1. The van der Waals surface area contributed by atoms with E-state index in [9.17, 15) is 0 Å². The molecule has 1 aromatic heterocycles. The molecular formula is C29H34NOsP2+2. The van der Waals surface area contributed by atoms with Gasteiger partial charge in [0.25, 0.3) is 0 Å². The molecule has 0 spiro atoms. The van der Waals surface area contributed by atoms with E-state index in [4.69, 9.17) is 0 Å². The minimum absolute atomic E-state index is 0. The molecule has 0 aliphatic rings. The Labute approximate surface area is 215 Å². The van der Waals surface area contributed by atoms with Crippen LogP contribution in [-0.2, 0) is 19.8 Å². The standard InChI is InChI=1S/C19H16N.C10H16P2.Os/c1-14-10-15(2)12-18(11-14)19-13-17(8-9-20-19)16-6-4-3-5-7-16;1-11(2)9-7-5-6-8-10(9)12(3)4;/h3-11,13H,1-2H3;5-8H,1-4H3;/q-1;;+1/p+2. The van der Waals surface area contributed by atoms with Crippen molar-refractivity contribution >= 4 is 26.5 Å². The normalized spacial score (nSPS) is 10.4. The maximum absolute atomic E-state index is 4.49. The van der Waals surface area contributed by atoms with Gasteiger partial charge in [0, 0.05) is 22.0 Å². The zero-order valence-corrected chi connectivity index (χ0v) is 24.9. The third-order valence-corrected chi connectivity index (χ3v) is 8.57. The van der Waals surface area contributed by atoms with Crippen LogP contribution >= 0.6 is 15.8 Å². The summed E-state index contributed by atoms with van der Waals surface area (Å²) in [6.07, 6.45) is 1.86. The van der Waals surface area contributed by atoms with Crippen molar-refractivity contribution in [3.8, 4) is 22.4 Å². The summed E-state index contributed by atoms with van der Waals surface area (Å²) in [5.41, 5.74) is 6.80. The maximum Gasteiger partial charge on any atom is 1.00 e. The number of pyridine rings is 1. The third-order valence-electron chi connectivity index (χ3n) is 5.30. The fourth-order valence-electron chi connectivity index (χ4n) is 3.78. The van der Waals surface area contributed by atoms with Crippen molar-refractivity contribution in [1.82, 2.24) is 4.98 Å². The summed E-state index contributed by atoms with van der Waals surface area (Å²) >= 11 is 0. The molecule has 4 rings (SSSR count). The Kier molecular flexibility index (Phi) is 11.1. The van der Waals surface area contributed by atoms with Crippen LogP contribution in [0.1, 0.15) is 11.1 Å². The Morgan fingerprint density at radius 1 is 0.667 bits per heavy atom. The topological polar surface area (TPSA) is 12.9 Å². The van der Waals surface area contributed by atoms with Gasteiger partial charge in [-0.3, -0.25) is 0 Å². The Bertz CT molecular complexity index is 1110. The van der Waals surface area contributed by atoms with Crippen LogP contribution in [-0.4, -0.2) is 31.6 Å². The summed E-state index contributed by atoms with van der Waals surface area (Å²) in [5.74, 6) is 0. The second kappa shape index (κ2) is 13.3. The van der Waals surface area contributed by atoms with Crippen LogP contribution in [0.2, 0.25) is 0 Å². The van der Waals surface area contributed by atoms with Crippen LogP contribution in [0.3, 0.4) is 0 Å². The zero-order valence-electron chi connectivity index (χ0n) is 20.4. The van der Waals surface area contributed by atoms with Gasteiger partial charge in [-0.25, -0.2) is 0 Å². The van der Waals surface area contributed by atoms with Crippen LogP contribution in [0.25, 0.3) is 22.4 Å². The Morgan fingerprint density at radius 3 is 1.79 bits per heavy atom. The third kappa shape index (κ3) is 7.94. The number of rotatable bonds is 4. The smallest absolute Gasteiger partial charge is 0.305 e. The molecule has 4 aromatic rings. The zero-order chi connectivity index (χ0) is 23.1. The van der Waals surface area contributed by atoms with Crippen molar-refractivity contribution in [2.24, 2.45) is 0 Å². The number of aryl methyl sites for hydroxylation is 2. The molecule has 4 heteroatoms. The largest absolute Gasteiger partial charge is 1.00 e. The first-order valence-electron chi connectivity index (χ1n) is 11.1. The summed E-state index contributed by atoms with van der Waals surface area (Å²) < 4.78 is 0. The second-order valence-corrected chi connectivity index (χ2v) is 13.7. The van der Waals surface area contributed by atoms with Gasteiger partial charge in [-0.2, -0.15) is 0 Å². The second-order valence-electron chi connectivity index (χ2n) is 8.60.